The molecule has 0 amide bonds. The van der Waals surface area contributed by atoms with Crippen molar-refractivity contribution in [2.75, 3.05) is 0 Å². The van der Waals surface area contributed by atoms with Gasteiger partial charge in [0.1, 0.15) is 0 Å². The smallest absolute Gasteiger partial charge is 0.0928 e. The van der Waals surface area contributed by atoms with Crippen LogP contribution in [0.15, 0.2) is 5.38 Å². The van der Waals surface area contributed by atoms with Gasteiger partial charge in [-0.3, -0.25) is 0 Å². The van der Waals surface area contributed by atoms with Crippen LogP contribution in [0.2, 0.25) is 0 Å². The normalized spacial score (nSPS) is 10.7. The van der Waals surface area contributed by atoms with Crippen LogP contribution in [0.25, 0.3) is 0 Å². The van der Waals surface area contributed by atoms with Gasteiger partial charge in [0.05, 0.1) is 10.7 Å². The Morgan fingerprint density at radius 3 is 2.57 bits per heavy atom. The molecule has 0 spiro atoms. The second kappa shape index (κ2) is 6.99. The maximum atomic E-state index is 4.64. The van der Waals surface area contributed by atoms with E-state index in [9.17, 15) is 0 Å². The Balaban J connectivity index is 2.27. The van der Waals surface area contributed by atoms with Gasteiger partial charge in [0, 0.05) is 5.38 Å². The maximum Gasteiger partial charge on any atom is 0.0928 e. The average Bonchev–Trinajstić information content (AvgIpc) is 2.63. The number of aromatic nitrogens is 1. The molecule has 0 unspecified atom stereocenters. The fourth-order valence-electron chi connectivity index (χ4n) is 1.46. The molecule has 1 rings (SSSR count). The number of aryl methyl sites for hydroxylation is 2. The molecule has 0 bridgehead atoms. The Morgan fingerprint density at radius 2 is 1.86 bits per heavy atom. The molecule has 1 aromatic heterocycles. The van der Waals surface area contributed by atoms with Crippen molar-refractivity contribution in [2.24, 2.45) is 0 Å². The monoisotopic (exact) mass is 211 g/mol. The first kappa shape index (κ1) is 11.7. The van der Waals surface area contributed by atoms with Gasteiger partial charge in [0.25, 0.3) is 0 Å². The summed E-state index contributed by atoms with van der Waals surface area (Å²) >= 11 is 1.84. The van der Waals surface area contributed by atoms with Crippen LogP contribution in [0, 0.1) is 0 Å². The summed E-state index contributed by atoms with van der Waals surface area (Å²) in [6.07, 6.45) is 8.83. The van der Waals surface area contributed by atoms with E-state index >= 15 is 0 Å². The Bertz CT molecular complexity index is 242. The zero-order chi connectivity index (χ0) is 10.2. The molecular formula is C12H21NS. The van der Waals surface area contributed by atoms with Crippen LogP contribution in [0.3, 0.4) is 0 Å². The minimum Gasteiger partial charge on any atom is -0.246 e. The summed E-state index contributed by atoms with van der Waals surface area (Å²) in [7, 11) is 0. The Kier molecular flexibility index (Phi) is 5.85. The molecule has 0 fully saturated rings. The zero-order valence-corrected chi connectivity index (χ0v) is 10.2. The molecule has 1 nitrogen and oxygen atoms in total. The SMILES string of the molecule is CCCCCc1csc(CCCC)n1. The summed E-state index contributed by atoms with van der Waals surface area (Å²) in [5.41, 5.74) is 1.31. The van der Waals surface area contributed by atoms with Crippen LogP contribution < -0.4 is 0 Å². The lowest BCUT2D eigenvalue weighted by atomic mass is 10.2. The first-order valence-corrected chi connectivity index (χ1v) is 6.68. The number of unbranched alkanes of at least 4 members (excludes halogenated alkanes) is 3. The third-order valence-electron chi connectivity index (χ3n) is 2.38. The van der Waals surface area contributed by atoms with Crippen molar-refractivity contribution in [3.63, 3.8) is 0 Å². The molecule has 2 heteroatoms. The van der Waals surface area contributed by atoms with Crippen molar-refractivity contribution in [1.82, 2.24) is 4.98 Å². The van der Waals surface area contributed by atoms with Gasteiger partial charge < -0.3 is 0 Å². The van der Waals surface area contributed by atoms with E-state index in [1.807, 2.05) is 11.3 Å². The Morgan fingerprint density at radius 1 is 1.07 bits per heavy atom. The fraction of sp³-hybridized carbons (Fsp3) is 0.750. The van der Waals surface area contributed by atoms with Gasteiger partial charge >= 0.3 is 0 Å². The Hall–Kier alpha value is -0.370. The zero-order valence-electron chi connectivity index (χ0n) is 9.38. The van der Waals surface area contributed by atoms with Gasteiger partial charge in [0.2, 0.25) is 0 Å². The van der Waals surface area contributed by atoms with E-state index in [0.717, 1.165) is 0 Å². The lowest BCUT2D eigenvalue weighted by molar-refractivity contribution is 0.705. The molecule has 0 aliphatic carbocycles. The van der Waals surface area contributed by atoms with Crippen LogP contribution in [0.1, 0.15) is 56.7 Å². The van der Waals surface area contributed by atoms with E-state index in [2.05, 4.69) is 24.2 Å². The molecule has 1 aromatic rings. The minimum atomic E-state index is 1.18. The summed E-state index contributed by atoms with van der Waals surface area (Å²) in [5, 5.41) is 3.57. The molecular weight excluding hydrogens is 190 g/mol. The number of thiazole rings is 1. The lowest BCUT2D eigenvalue weighted by Crippen LogP contribution is -1.88. The summed E-state index contributed by atoms with van der Waals surface area (Å²) in [5.74, 6) is 0. The van der Waals surface area contributed by atoms with E-state index < -0.39 is 0 Å². The molecule has 0 radical (unpaired) electrons. The predicted octanol–water partition coefficient (Wildman–Crippen LogP) is 4.22. The standard InChI is InChI=1S/C12H21NS/c1-3-5-7-8-11-10-14-12(13-11)9-6-4-2/h10H,3-9H2,1-2H3. The van der Waals surface area contributed by atoms with Crippen molar-refractivity contribution < 1.29 is 0 Å². The molecule has 0 atom stereocenters. The van der Waals surface area contributed by atoms with Crippen LogP contribution in [0.5, 0.6) is 0 Å². The van der Waals surface area contributed by atoms with Crippen molar-refractivity contribution >= 4 is 11.3 Å². The lowest BCUT2D eigenvalue weighted by Gasteiger charge is -1.94. The molecule has 0 N–H and O–H groups in total. The van der Waals surface area contributed by atoms with Crippen molar-refractivity contribution in [3.8, 4) is 0 Å². The highest BCUT2D eigenvalue weighted by atomic mass is 32.1. The number of hydrogen-bond acceptors (Lipinski definition) is 2. The second-order valence-electron chi connectivity index (χ2n) is 3.79. The minimum absolute atomic E-state index is 1.18. The van der Waals surface area contributed by atoms with Gasteiger partial charge in [0.15, 0.2) is 0 Å². The van der Waals surface area contributed by atoms with E-state index in [-0.39, 0.29) is 0 Å². The molecule has 14 heavy (non-hydrogen) atoms. The van der Waals surface area contributed by atoms with E-state index in [4.69, 9.17) is 0 Å². The van der Waals surface area contributed by atoms with Gasteiger partial charge in [-0.1, -0.05) is 33.1 Å². The third kappa shape index (κ3) is 4.23. The predicted molar refractivity (Wildman–Crippen MR) is 64.0 cm³/mol. The van der Waals surface area contributed by atoms with Gasteiger partial charge in [-0.15, -0.1) is 11.3 Å². The number of hydrogen-bond donors (Lipinski definition) is 0. The molecule has 0 saturated carbocycles. The summed E-state index contributed by atoms with van der Waals surface area (Å²) in [4.78, 5) is 4.64. The van der Waals surface area contributed by atoms with Gasteiger partial charge in [-0.05, 0) is 25.7 Å². The summed E-state index contributed by atoms with van der Waals surface area (Å²) in [6.45, 7) is 4.48. The van der Waals surface area contributed by atoms with Crippen LogP contribution in [0.4, 0.5) is 0 Å². The van der Waals surface area contributed by atoms with E-state index in [1.54, 1.807) is 0 Å². The molecule has 0 aliphatic rings. The van der Waals surface area contributed by atoms with Crippen molar-refractivity contribution in [1.29, 1.82) is 0 Å². The quantitative estimate of drug-likeness (QED) is 0.615. The van der Waals surface area contributed by atoms with Gasteiger partial charge in [-0.25, -0.2) is 4.98 Å². The largest absolute Gasteiger partial charge is 0.246 e. The first-order chi connectivity index (χ1) is 6.86. The molecule has 80 valence electrons. The molecule has 1 heterocycles. The number of nitrogens with zero attached hydrogens (tertiary/aromatic N) is 1. The highest BCUT2D eigenvalue weighted by Gasteiger charge is 2.00. The second-order valence-corrected chi connectivity index (χ2v) is 4.74. The van der Waals surface area contributed by atoms with E-state index in [1.165, 1.54) is 55.6 Å². The third-order valence-corrected chi connectivity index (χ3v) is 3.34. The average molecular weight is 211 g/mol. The Labute approximate surface area is 91.6 Å². The maximum absolute atomic E-state index is 4.64. The summed E-state index contributed by atoms with van der Waals surface area (Å²) < 4.78 is 0. The van der Waals surface area contributed by atoms with Crippen molar-refractivity contribution in [2.45, 2.75) is 58.8 Å². The van der Waals surface area contributed by atoms with Crippen LogP contribution in [-0.4, -0.2) is 4.98 Å². The summed E-state index contributed by atoms with van der Waals surface area (Å²) in [6, 6.07) is 0. The molecule has 0 aromatic carbocycles. The highest BCUT2D eigenvalue weighted by molar-refractivity contribution is 7.09. The van der Waals surface area contributed by atoms with E-state index in [0.29, 0.717) is 0 Å². The highest BCUT2D eigenvalue weighted by Crippen LogP contribution is 2.14. The van der Waals surface area contributed by atoms with Gasteiger partial charge in [-0.2, -0.15) is 0 Å². The van der Waals surface area contributed by atoms with Crippen LogP contribution in [-0.2, 0) is 12.8 Å². The van der Waals surface area contributed by atoms with Crippen molar-refractivity contribution in [3.05, 3.63) is 16.1 Å². The fourth-order valence-corrected chi connectivity index (χ4v) is 2.34. The number of rotatable bonds is 7. The first-order valence-electron chi connectivity index (χ1n) is 5.80. The van der Waals surface area contributed by atoms with Crippen LogP contribution >= 0.6 is 11.3 Å². The molecule has 0 aliphatic heterocycles. The topological polar surface area (TPSA) is 12.9 Å². The molecule has 0 saturated heterocycles.